The summed E-state index contributed by atoms with van der Waals surface area (Å²) in [6.07, 6.45) is -9.70. The molecule has 1 saturated heterocycles. The minimum Gasteiger partial charge on any atom is -0.371 e. The van der Waals surface area contributed by atoms with Crippen molar-refractivity contribution < 1.29 is 39.9 Å². The zero-order chi connectivity index (χ0) is 29.4. The molecule has 0 spiro atoms. The average Bonchev–Trinajstić information content (AvgIpc) is 2.88. The summed E-state index contributed by atoms with van der Waals surface area (Å²) in [6.45, 7) is 0.181. The number of nitrogens with zero attached hydrogens (tertiary/aromatic N) is 2. The molecule has 15 heteroatoms. The molecule has 0 radical (unpaired) electrons. The third-order valence-electron chi connectivity index (χ3n) is 6.38. The molecule has 1 aliphatic rings. The van der Waals surface area contributed by atoms with Gasteiger partial charge in [-0.25, -0.2) is 13.8 Å². The van der Waals surface area contributed by atoms with Crippen LogP contribution in [0.3, 0.4) is 0 Å². The van der Waals surface area contributed by atoms with Crippen molar-refractivity contribution in [1.29, 1.82) is 0 Å². The highest BCUT2D eigenvalue weighted by atomic mass is 35.5. The Morgan fingerprint density at radius 3 is 2.30 bits per heavy atom. The lowest BCUT2D eigenvalue weighted by molar-refractivity contribution is -0.141. The molecule has 2 N–H and O–H groups in total. The number of hydrogen-bond donors (Lipinski definition) is 2. The molecule has 6 nitrogen and oxygen atoms in total. The fraction of sp³-hybridized carbons (Fsp3) is 0.320. The van der Waals surface area contributed by atoms with Crippen LogP contribution in [0.25, 0.3) is 11.4 Å². The van der Waals surface area contributed by atoms with Gasteiger partial charge in [-0.3, -0.25) is 9.59 Å². The molecule has 0 unspecified atom stereocenters. The standard InChI is InChI=1S/C25H19ClF8N4O2/c26-16-4-2-14(9-17(16)27)38-7-5-12(6-8-38)23(40)35-11-13-1-3-15(24(29,30)31)20(21(13)28)22-36-18(25(32,33)34)10-19(39)37-22/h1-4,9-10,12H,5-8,11H2,(H,35,40)(H,36,37,39). The lowest BCUT2D eigenvalue weighted by Gasteiger charge is -2.33. The van der Waals surface area contributed by atoms with E-state index in [9.17, 15) is 40.3 Å². The maximum Gasteiger partial charge on any atom is 0.433 e. The van der Waals surface area contributed by atoms with Crippen molar-refractivity contribution in [3.63, 3.8) is 0 Å². The van der Waals surface area contributed by atoms with Crippen LogP contribution in [0.5, 0.6) is 0 Å². The Labute approximate surface area is 226 Å². The summed E-state index contributed by atoms with van der Waals surface area (Å²) >= 11 is 5.69. The molecular formula is C25H19ClF8N4O2. The van der Waals surface area contributed by atoms with Gasteiger partial charge in [-0.05, 0) is 37.1 Å². The van der Waals surface area contributed by atoms with Gasteiger partial charge < -0.3 is 15.2 Å². The van der Waals surface area contributed by atoms with E-state index in [0.717, 1.165) is 6.07 Å². The highest BCUT2D eigenvalue weighted by molar-refractivity contribution is 6.30. The maximum absolute atomic E-state index is 15.4. The van der Waals surface area contributed by atoms with Gasteiger partial charge in [0.1, 0.15) is 17.5 Å². The van der Waals surface area contributed by atoms with Crippen molar-refractivity contribution in [1.82, 2.24) is 15.3 Å². The molecule has 1 fully saturated rings. The van der Waals surface area contributed by atoms with Crippen LogP contribution >= 0.6 is 11.6 Å². The predicted molar refractivity (Wildman–Crippen MR) is 128 cm³/mol. The number of H-pyrrole nitrogens is 1. The van der Waals surface area contributed by atoms with E-state index in [-0.39, 0.29) is 11.1 Å². The lowest BCUT2D eigenvalue weighted by atomic mass is 9.95. The van der Waals surface area contributed by atoms with Gasteiger partial charge >= 0.3 is 12.4 Å². The third-order valence-corrected chi connectivity index (χ3v) is 6.69. The highest BCUT2D eigenvalue weighted by Gasteiger charge is 2.39. The van der Waals surface area contributed by atoms with Crippen molar-refractivity contribution in [2.24, 2.45) is 5.92 Å². The number of carbonyl (C=O) groups is 1. The van der Waals surface area contributed by atoms with Gasteiger partial charge in [-0.15, -0.1) is 0 Å². The first kappa shape index (κ1) is 29.3. The summed E-state index contributed by atoms with van der Waals surface area (Å²) in [7, 11) is 0. The Kier molecular flexibility index (Phi) is 8.11. The van der Waals surface area contributed by atoms with E-state index in [1.165, 1.54) is 12.1 Å². The molecule has 2 heterocycles. The maximum atomic E-state index is 15.4. The summed E-state index contributed by atoms with van der Waals surface area (Å²) in [5.41, 5.74) is -6.17. The second-order valence-corrected chi connectivity index (χ2v) is 9.42. The van der Waals surface area contributed by atoms with Crippen LogP contribution in [0.4, 0.5) is 40.8 Å². The first-order valence-electron chi connectivity index (χ1n) is 11.7. The summed E-state index contributed by atoms with van der Waals surface area (Å²) < 4.78 is 109. The fourth-order valence-electron chi connectivity index (χ4n) is 4.35. The number of halogens is 9. The van der Waals surface area contributed by atoms with Crippen LogP contribution in [0.15, 0.2) is 41.2 Å². The summed E-state index contributed by atoms with van der Waals surface area (Å²) in [5, 5.41) is 2.40. The topological polar surface area (TPSA) is 78.1 Å². The molecule has 2 aromatic carbocycles. The number of nitrogens with one attached hydrogen (secondary N) is 2. The number of carbonyl (C=O) groups excluding carboxylic acids is 1. The second-order valence-electron chi connectivity index (χ2n) is 9.01. The van der Waals surface area contributed by atoms with E-state index in [0.29, 0.717) is 37.7 Å². The van der Waals surface area contributed by atoms with Crippen LogP contribution < -0.4 is 15.8 Å². The van der Waals surface area contributed by atoms with Crippen LogP contribution in [0.1, 0.15) is 29.7 Å². The molecular weight excluding hydrogens is 576 g/mol. The zero-order valence-corrected chi connectivity index (χ0v) is 20.9. The van der Waals surface area contributed by atoms with E-state index in [1.54, 1.807) is 11.1 Å². The lowest BCUT2D eigenvalue weighted by Crippen LogP contribution is -2.40. The van der Waals surface area contributed by atoms with E-state index >= 15 is 4.39 Å². The molecule has 214 valence electrons. The normalized spacial score (nSPS) is 14.9. The quantitative estimate of drug-likeness (QED) is 0.359. The molecule has 0 atom stereocenters. The number of rotatable bonds is 5. The van der Waals surface area contributed by atoms with Crippen LogP contribution in [-0.2, 0) is 23.7 Å². The monoisotopic (exact) mass is 594 g/mol. The number of benzene rings is 2. The molecule has 1 amide bonds. The van der Waals surface area contributed by atoms with E-state index < -0.39 is 76.1 Å². The number of piperidine rings is 1. The van der Waals surface area contributed by atoms with E-state index in [4.69, 9.17) is 11.6 Å². The molecule has 0 bridgehead atoms. The van der Waals surface area contributed by atoms with Crippen molar-refractivity contribution >= 4 is 23.2 Å². The van der Waals surface area contributed by atoms with Crippen molar-refractivity contribution in [2.45, 2.75) is 31.7 Å². The van der Waals surface area contributed by atoms with Gasteiger partial charge in [-0.2, -0.15) is 26.3 Å². The Bertz CT molecular complexity index is 1480. The fourth-order valence-corrected chi connectivity index (χ4v) is 4.47. The summed E-state index contributed by atoms with van der Waals surface area (Å²) in [5.74, 6) is -4.51. The van der Waals surface area contributed by atoms with Gasteiger partial charge in [0, 0.05) is 42.9 Å². The van der Waals surface area contributed by atoms with Crippen LogP contribution in [-0.4, -0.2) is 29.0 Å². The summed E-state index contributed by atoms with van der Waals surface area (Å²) in [4.78, 5) is 31.0. The number of aromatic amines is 1. The number of alkyl halides is 6. The van der Waals surface area contributed by atoms with Crippen LogP contribution in [0.2, 0.25) is 5.02 Å². The largest absolute Gasteiger partial charge is 0.433 e. The van der Waals surface area contributed by atoms with Gasteiger partial charge in [0.25, 0.3) is 5.56 Å². The van der Waals surface area contributed by atoms with Gasteiger partial charge in [-0.1, -0.05) is 17.7 Å². The molecule has 40 heavy (non-hydrogen) atoms. The highest BCUT2D eigenvalue weighted by Crippen LogP contribution is 2.39. The number of amides is 1. The molecule has 1 aromatic heterocycles. The van der Waals surface area contributed by atoms with Crippen molar-refractivity contribution in [3.05, 3.63) is 80.2 Å². The number of anilines is 1. The van der Waals surface area contributed by atoms with E-state index in [1.807, 2.05) is 4.90 Å². The van der Waals surface area contributed by atoms with Crippen molar-refractivity contribution in [2.75, 3.05) is 18.0 Å². The predicted octanol–water partition coefficient (Wildman–Crippen LogP) is 5.94. The Balaban J connectivity index is 1.53. The first-order chi connectivity index (χ1) is 18.6. The van der Waals surface area contributed by atoms with Gasteiger partial charge in [0.15, 0.2) is 5.69 Å². The molecule has 1 aliphatic heterocycles. The van der Waals surface area contributed by atoms with E-state index in [2.05, 4.69) is 10.3 Å². The average molecular weight is 595 g/mol. The van der Waals surface area contributed by atoms with Gasteiger partial charge in [0.2, 0.25) is 5.91 Å². The first-order valence-corrected chi connectivity index (χ1v) is 12.1. The zero-order valence-electron chi connectivity index (χ0n) is 20.2. The molecule has 3 aromatic rings. The smallest absolute Gasteiger partial charge is 0.371 e. The Morgan fingerprint density at radius 2 is 1.70 bits per heavy atom. The van der Waals surface area contributed by atoms with Crippen LogP contribution in [0, 0.1) is 17.6 Å². The third kappa shape index (κ3) is 6.37. The number of hydrogen-bond acceptors (Lipinski definition) is 4. The minimum atomic E-state index is -5.20. The van der Waals surface area contributed by atoms with Crippen molar-refractivity contribution in [3.8, 4) is 11.4 Å². The number of aromatic nitrogens is 2. The Morgan fingerprint density at radius 1 is 1.02 bits per heavy atom. The Hall–Kier alpha value is -3.68. The summed E-state index contributed by atoms with van der Waals surface area (Å²) in [6, 6.07) is 5.51. The molecule has 0 aliphatic carbocycles. The second kappa shape index (κ2) is 11.1. The minimum absolute atomic E-state index is 0.0352. The molecule has 0 saturated carbocycles. The molecule has 4 rings (SSSR count). The van der Waals surface area contributed by atoms with Gasteiger partial charge in [0.05, 0.1) is 16.1 Å². The SMILES string of the molecule is O=C(NCc1ccc(C(F)(F)F)c(-c2nc(C(F)(F)F)cc(=O)[nH]2)c1F)C1CCN(c2ccc(Cl)c(F)c2)CC1.